The van der Waals surface area contributed by atoms with Crippen molar-refractivity contribution in [1.82, 2.24) is 9.88 Å². The first-order valence-electron chi connectivity index (χ1n) is 8.09. The number of aliphatic hydroxyl groups is 1. The number of nitrogens with zero attached hydrogens (tertiary/aromatic N) is 2. The van der Waals surface area contributed by atoms with Gasteiger partial charge in [0.25, 0.3) is 0 Å². The lowest BCUT2D eigenvalue weighted by Crippen LogP contribution is -2.35. The Labute approximate surface area is 135 Å². The highest BCUT2D eigenvalue weighted by Crippen LogP contribution is 2.28. The number of hydrogen-bond donors (Lipinski definition) is 1. The Balaban J connectivity index is 1.67. The van der Waals surface area contributed by atoms with E-state index in [1.165, 1.54) is 24.3 Å². The van der Waals surface area contributed by atoms with E-state index in [1.807, 2.05) is 19.1 Å². The summed E-state index contributed by atoms with van der Waals surface area (Å²) in [5.74, 6) is 0.675. The molecule has 3 heterocycles. The van der Waals surface area contributed by atoms with Crippen LogP contribution in [-0.2, 0) is 6.54 Å². The van der Waals surface area contributed by atoms with Crippen LogP contribution in [0.25, 0.3) is 0 Å². The molecule has 1 aliphatic rings. The molecule has 0 radical (unpaired) electrons. The van der Waals surface area contributed by atoms with Gasteiger partial charge in [-0.15, -0.1) is 11.3 Å². The lowest BCUT2D eigenvalue weighted by atomic mass is 10.0. The van der Waals surface area contributed by atoms with Crippen molar-refractivity contribution in [2.75, 3.05) is 6.54 Å². The molecule has 0 aromatic carbocycles. The average molecular weight is 320 g/mol. The molecule has 0 spiro atoms. The van der Waals surface area contributed by atoms with Crippen LogP contribution in [-0.4, -0.2) is 27.6 Å². The number of aryl methyl sites for hydroxylation is 1. The van der Waals surface area contributed by atoms with Crippen molar-refractivity contribution in [3.05, 3.63) is 40.2 Å². The Bertz CT molecular complexity index is 567. The maximum absolute atomic E-state index is 10.4. The van der Waals surface area contributed by atoms with Crippen LogP contribution >= 0.6 is 11.3 Å². The molecule has 4 nitrogen and oxygen atoms in total. The van der Waals surface area contributed by atoms with E-state index >= 15 is 0 Å². The topological polar surface area (TPSA) is 49.5 Å². The van der Waals surface area contributed by atoms with Gasteiger partial charge in [-0.1, -0.05) is 12.8 Å². The first kappa shape index (κ1) is 15.7. The van der Waals surface area contributed by atoms with Gasteiger partial charge in [0, 0.05) is 17.1 Å². The smallest absolute Gasteiger partial charge is 0.132 e. The summed E-state index contributed by atoms with van der Waals surface area (Å²) in [6.45, 7) is 4.03. The van der Waals surface area contributed by atoms with Crippen LogP contribution in [0.15, 0.2) is 28.2 Å². The summed E-state index contributed by atoms with van der Waals surface area (Å²) in [6, 6.07) is 4.09. The van der Waals surface area contributed by atoms with Crippen LogP contribution < -0.4 is 0 Å². The fourth-order valence-electron chi connectivity index (χ4n) is 3.22. The third kappa shape index (κ3) is 3.97. The van der Waals surface area contributed by atoms with Crippen LogP contribution in [0.2, 0.25) is 0 Å². The summed E-state index contributed by atoms with van der Waals surface area (Å²) in [5.41, 5.74) is 1.10. The molecular weight excluding hydrogens is 296 g/mol. The highest BCUT2D eigenvalue weighted by atomic mass is 32.1. The second-order valence-electron chi connectivity index (χ2n) is 6.12. The quantitative estimate of drug-likeness (QED) is 0.907. The molecule has 1 aliphatic heterocycles. The zero-order valence-corrected chi connectivity index (χ0v) is 13.9. The molecule has 1 fully saturated rings. The van der Waals surface area contributed by atoms with Gasteiger partial charge >= 0.3 is 0 Å². The van der Waals surface area contributed by atoms with E-state index in [1.54, 1.807) is 17.6 Å². The van der Waals surface area contributed by atoms with Gasteiger partial charge < -0.3 is 9.52 Å². The number of likely N-dealkylation sites (tertiary alicyclic amines) is 1. The van der Waals surface area contributed by atoms with E-state index in [9.17, 15) is 5.11 Å². The highest BCUT2D eigenvalue weighted by Gasteiger charge is 2.25. The standard InChI is InChI=1S/C17H24N2O2S/c1-13-12-22-17(18-13)11-19-8-4-2-3-6-14(19)10-15(20)16-7-5-9-21-16/h5,7,9,12,14-15,20H,2-4,6,8,10-11H2,1H3/t14-,15+/m1/s1. The Morgan fingerprint density at radius 2 is 2.36 bits per heavy atom. The van der Waals surface area contributed by atoms with Gasteiger partial charge in [-0.25, -0.2) is 4.98 Å². The molecule has 0 amide bonds. The average Bonchev–Trinajstić information content (AvgIpc) is 3.12. The second kappa shape index (κ2) is 7.40. The van der Waals surface area contributed by atoms with Crippen LogP contribution in [0, 0.1) is 6.92 Å². The molecule has 22 heavy (non-hydrogen) atoms. The van der Waals surface area contributed by atoms with Gasteiger partial charge in [0.2, 0.25) is 0 Å². The summed E-state index contributed by atoms with van der Waals surface area (Å²) >= 11 is 1.73. The lowest BCUT2D eigenvalue weighted by Gasteiger charge is -2.30. The Kier molecular flexibility index (Phi) is 5.28. The maximum Gasteiger partial charge on any atom is 0.132 e. The summed E-state index contributed by atoms with van der Waals surface area (Å²) in [4.78, 5) is 7.09. The van der Waals surface area contributed by atoms with Gasteiger partial charge in [-0.2, -0.15) is 0 Å². The Morgan fingerprint density at radius 1 is 1.45 bits per heavy atom. The third-order valence-electron chi connectivity index (χ3n) is 4.37. The Hall–Kier alpha value is -1.17. The molecule has 2 aromatic heterocycles. The predicted molar refractivity (Wildman–Crippen MR) is 87.8 cm³/mol. The zero-order chi connectivity index (χ0) is 15.4. The molecule has 0 unspecified atom stereocenters. The zero-order valence-electron chi connectivity index (χ0n) is 13.1. The molecule has 1 N–H and O–H groups in total. The van der Waals surface area contributed by atoms with Crippen LogP contribution in [0.3, 0.4) is 0 Å². The van der Waals surface area contributed by atoms with Crippen molar-refractivity contribution in [3.63, 3.8) is 0 Å². The van der Waals surface area contributed by atoms with E-state index in [0.717, 1.165) is 31.6 Å². The molecule has 3 rings (SSSR count). The number of aromatic nitrogens is 1. The van der Waals surface area contributed by atoms with E-state index < -0.39 is 6.10 Å². The fraction of sp³-hybridized carbons (Fsp3) is 0.588. The Morgan fingerprint density at radius 3 is 3.09 bits per heavy atom. The van der Waals surface area contributed by atoms with E-state index in [-0.39, 0.29) is 0 Å². The van der Waals surface area contributed by atoms with Gasteiger partial charge in [-0.3, -0.25) is 4.90 Å². The van der Waals surface area contributed by atoms with Gasteiger partial charge in [-0.05, 0) is 44.9 Å². The first-order chi connectivity index (χ1) is 10.7. The normalized spacial score (nSPS) is 21.6. The van der Waals surface area contributed by atoms with E-state index in [0.29, 0.717) is 11.8 Å². The van der Waals surface area contributed by atoms with E-state index in [2.05, 4.69) is 15.3 Å². The molecule has 0 saturated carbocycles. The SMILES string of the molecule is Cc1csc(CN2CCCCC[C@@H]2C[C@H](O)c2ccco2)n1. The molecule has 1 saturated heterocycles. The monoisotopic (exact) mass is 320 g/mol. The summed E-state index contributed by atoms with van der Waals surface area (Å²) < 4.78 is 5.35. The van der Waals surface area contributed by atoms with Crippen molar-refractivity contribution < 1.29 is 9.52 Å². The molecule has 0 aliphatic carbocycles. The van der Waals surface area contributed by atoms with Crippen LogP contribution in [0.1, 0.15) is 54.7 Å². The molecule has 120 valence electrons. The summed E-state index contributed by atoms with van der Waals surface area (Å²) in [5, 5.41) is 13.7. The highest BCUT2D eigenvalue weighted by molar-refractivity contribution is 7.09. The number of thiazole rings is 1. The van der Waals surface area contributed by atoms with Crippen LogP contribution in [0.5, 0.6) is 0 Å². The van der Waals surface area contributed by atoms with Gasteiger partial charge in [0.15, 0.2) is 0 Å². The number of furan rings is 1. The van der Waals surface area contributed by atoms with Crippen molar-refractivity contribution in [3.8, 4) is 0 Å². The maximum atomic E-state index is 10.4. The van der Waals surface area contributed by atoms with Gasteiger partial charge in [0.1, 0.15) is 16.9 Å². The van der Waals surface area contributed by atoms with Gasteiger partial charge in [0.05, 0.1) is 12.8 Å². The minimum atomic E-state index is -0.515. The molecular formula is C17H24N2O2S. The van der Waals surface area contributed by atoms with E-state index in [4.69, 9.17) is 4.42 Å². The van der Waals surface area contributed by atoms with Crippen molar-refractivity contribution in [1.29, 1.82) is 0 Å². The fourth-order valence-corrected chi connectivity index (χ4v) is 4.01. The molecule has 0 bridgehead atoms. The minimum Gasteiger partial charge on any atom is -0.467 e. The predicted octanol–water partition coefficient (Wildman–Crippen LogP) is 3.91. The van der Waals surface area contributed by atoms with Crippen molar-refractivity contribution >= 4 is 11.3 Å². The number of hydrogen-bond acceptors (Lipinski definition) is 5. The van der Waals surface area contributed by atoms with Crippen molar-refractivity contribution in [2.45, 2.75) is 57.7 Å². The number of aliphatic hydroxyl groups excluding tert-OH is 1. The summed E-state index contributed by atoms with van der Waals surface area (Å²) in [6.07, 6.45) is 6.74. The molecule has 2 aromatic rings. The third-order valence-corrected chi connectivity index (χ3v) is 5.32. The largest absolute Gasteiger partial charge is 0.467 e. The van der Waals surface area contributed by atoms with Crippen molar-refractivity contribution in [2.24, 2.45) is 0 Å². The lowest BCUT2D eigenvalue weighted by molar-refractivity contribution is 0.0830. The van der Waals surface area contributed by atoms with Crippen LogP contribution in [0.4, 0.5) is 0 Å². The first-order valence-corrected chi connectivity index (χ1v) is 8.97. The molecule has 2 atom stereocenters. The summed E-state index contributed by atoms with van der Waals surface area (Å²) in [7, 11) is 0. The minimum absolute atomic E-state index is 0.395. The second-order valence-corrected chi connectivity index (χ2v) is 7.07. The number of rotatable bonds is 5. The molecule has 5 heteroatoms.